The highest BCUT2D eigenvalue weighted by molar-refractivity contribution is 5.43. The fourth-order valence-corrected chi connectivity index (χ4v) is 2.24. The molecule has 0 saturated heterocycles. The van der Waals surface area contributed by atoms with Gasteiger partial charge in [0, 0.05) is 12.6 Å². The minimum Gasteiger partial charge on any atom is -0.384 e. The van der Waals surface area contributed by atoms with Crippen LogP contribution in [0.4, 0.5) is 5.82 Å². The Hall–Kier alpha value is -1.77. The van der Waals surface area contributed by atoms with E-state index in [1.165, 1.54) is 16.7 Å². The van der Waals surface area contributed by atoms with Crippen molar-refractivity contribution in [1.82, 2.24) is 9.78 Å². The van der Waals surface area contributed by atoms with E-state index in [0.29, 0.717) is 0 Å². The Balaban J connectivity index is 2.10. The summed E-state index contributed by atoms with van der Waals surface area (Å²) in [6.07, 6.45) is 2.92. The van der Waals surface area contributed by atoms with E-state index in [4.69, 9.17) is 5.73 Å². The molecule has 0 fully saturated rings. The van der Waals surface area contributed by atoms with Crippen molar-refractivity contribution in [2.45, 2.75) is 33.1 Å². The van der Waals surface area contributed by atoms with Crippen molar-refractivity contribution in [3.8, 4) is 0 Å². The molecule has 0 bridgehead atoms. The van der Waals surface area contributed by atoms with Crippen molar-refractivity contribution in [3.63, 3.8) is 0 Å². The van der Waals surface area contributed by atoms with Crippen LogP contribution >= 0.6 is 0 Å². The molecule has 0 aliphatic carbocycles. The number of nitrogens with two attached hydrogens (primary N) is 1. The molecule has 2 aromatic rings. The Kier molecular flexibility index (Phi) is 3.70. The number of rotatable bonds is 4. The number of benzene rings is 1. The molecule has 0 unspecified atom stereocenters. The monoisotopic (exact) mass is 243 g/mol. The Morgan fingerprint density at radius 3 is 2.44 bits per heavy atom. The summed E-state index contributed by atoms with van der Waals surface area (Å²) in [5.41, 5.74) is 11.0. The van der Waals surface area contributed by atoms with Gasteiger partial charge in [0.05, 0.1) is 5.69 Å². The second kappa shape index (κ2) is 5.25. The molecule has 0 radical (unpaired) electrons. The van der Waals surface area contributed by atoms with Crippen LogP contribution in [0.2, 0.25) is 0 Å². The third-order valence-corrected chi connectivity index (χ3v) is 3.40. The molecule has 3 nitrogen and oxygen atoms in total. The number of nitrogen functional groups attached to an aromatic ring is 1. The Labute approximate surface area is 109 Å². The van der Waals surface area contributed by atoms with Gasteiger partial charge in [-0.3, -0.25) is 4.68 Å². The summed E-state index contributed by atoms with van der Waals surface area (Å²) in [5, 5.41) is 4.51. The SMILES string of the molecule is CCc1c(CCc2ccc(C)cc2)nn(C)c1N. The first-order valence-corrected chi connectivity index (χ1v) is 6.47. The van der Waals surface area contributed by atoms with Crippen LogP contribution in [0.5, 0.6) is 0 Å². The normalized spacial score (nSPS) is 10.8. The minimum atomic E-state index is 0.802. The maximum absolute atomic E-state index is 6.00. The van der Waals surface area contributed by atoms with Gasteiger partial charge in [-0.1, -0.05) is 36.8 Å². The van der Waals surface area contributed by atoms with Gasteiger partial charge in [0.2, 0.25) is 0 Å². The zero-order valence-electron chi connectivity index (χ0n) is 11.4. The Morgan fingerprint density at radius 1 is 1.17 bits per heavy atom. The Morgan fingerprint density at radius 2 is 1.83 bits per heavy atom. The number of aromatic nitrogens is 2. The first kappa shape index (κ1) is 12.7. The summed E-state index contributed by atoms with van der Waals surface area (Å²) in [6, 6.07) is 8.69. The van der Waals surface area contributed by atoms with Crippen molar-refractivity contribution >= 4 is 5.82 Å². The van der Waals surface area contributed by atoms with Gasteiger partial charge in [-0.05, 0) is 31.7 Å². The van der Waals surface area contributed by atoms with Gasteiger partial charge in [0.15, 0.2) is 0 Å². The van der Waals surface area contributed by atoms with E-state index in [9.17, 15) is 0 Å². The minimum absolute atomic E-state index is 0.802. The molecule has 0 amide bonds. The summed E-state index contributed by atoms with van der Waals surface area (Å²) >= 11 is 0. The van der Waals surface area contributed by atoms with E-state index in [1.807, 2.05) is 7.05 Å². The second-order valence-corrected chi connectivity index (χ2v) is 4.77. The van der Waals surface area contributed by atoms with Gasteiger partial charge in [-0.2, -0.15) is 5.10 Å². The molecule has 0 spiro atoms. The lowest BCUT2D eigenvalue weighted by atomic mass is 10.0. The van der Waals surface area contributed by atoms with E-state index in [0.717, 1.165) is 30.8 Å². The summed E-state index contributed by atoms with van der Waals surface area (Å²) in [6.45, 7) is 4.24. The number of anilines is 1. The lowest BCUT2D eigenvalue weighted by molar-refractivity contribution is 0.745. The van der Waals surface area contributed by atoms with Gasteiger partial charge in [-0.25, -0.2) is 0 Å². The highest BCUT2D eigenvalue weighted by Gasteiger charge is 2.11. The van der Waals surface area contributed by atoms with Crippen molar-refractivity contribution in [2.75, 3.05) is 5.73 Å². The molecule has 1 heterocycles. The molecule has 1 aromatic carbocycles. The Bertz CT molecular complexity index is 523. The average molecular weight is 243 g/mol. The molecular formula is C15H21N3. The molecule has 1 aromatic heterocycles. The number of hydrogen-bond donors (Lipinski definition) is 1. The van der Waals surface area contributed by atoms with Crippen LogP contribution in [0.25, 0.3) is 0 Å². The van der Waals surface area contributed by atoms with E-state index in [1.54, 1.807) is 4.68 Å². The van der Waals surface area contributed by atoms with Gasteiger partial charge in [0.1, 0.15) is 5.82 Å². The van der Waals surface area contributed by atoms with Crippen molar-refractivity contribution in [1.29, 1.82) is 0 Å². The van der Waals surface area contributed by atoms with Crippen LogP contribution in [0.1, 0.15) is 29.3 Å². The molecule has 3 heteroatoms. The second-order valence-electron chi connectivity index (χ2n) is 4.77. The van der Waals surface area contributed by atoms with Crippen LogP contribution in [0.15, 0.2) is 24.3 Å². The molecule has 0 saturated carbocycles. The van der Waals surface area contributed by atoms with Crippen molar-refractivity contribution in [3.05, 3.63) is 46.6 Å². The molecule has 2 rings (SSSR count). The van der Waals surface area contributed by atoms with Crippen LogP contribution < -0.4 is 5.73 Å². The molecular weight excluding hydrogens is 222 g/mol. The van der Waals surface area contributed by atoms with Crippen LogP contribution in [0, 0.1) is 6.92 Å². The van der Waals surface area contributed by atoms with Gasteiger partial charge >= 0.3 is 0 Å². The molecule has 0 aliphatic rings. The molecule has 18 heavy (non-hydrogen) atoms. The highest BCUT2D eigenvalue weighted by atomic mass is 15.3. The molecule has 96 valence electrons. The third-order valence-electron chi connectivity index (χ3n) is 3.40. The molecule has 0 atom stereocenters. The molecule has 2 N–H and O–H groups in total. The van der Waals surface area contributed by atoms with Crippen molar-refractivity contribution < 1.29 is 0 Å². The number of nitrogens with zero attached hydrogens (tertiary/aromatic N) is 2. The summed E-state index contributed by atoms with van der Waals surface area (Å²) in [5.74, 6) is 0.802. The van der Waals surface area contributed by atoms with E-state index in [-0.39, 0.29) is 0 Å². The van der Waals surface area contributed by atoms with E-state index in [2.05, 4.69) is 43.2 Å². The first-order valence-electron chi connectivity index (χ1n) is 6.47. The zero-order valence-corrected chi connectivity index (χ0v) is 11.4. The zero-order chi connectivity index (χ0) is 13.1. The van der Waals surface area contributed by atoms with E-state index < -0.39 is 0 Å². The molecule has 0 aliphatic heterocycles. The van der Waals surface area contributed by atoms with Gasteiger partial charge in [0.25, 0.3) is 0 Å². The van der Waals surface area contributed by atoms with Gasteiger partial charge < -0.3 is 5.73 Å². The smallest absolute Gasteiger partial charge is 0.124 e. The van der Waals surface area contributed by atoms with Crippen molar-refractivity contribution in [2.24, 2.45) is 7.05 Å². The van der Waals surface area contributed by atoms with E-state index >= 15 is 0 Å². The standard InChI is InChI=1S/C15H21N3/c1-4-13-14(17-18(3)15(13)16)10-9-12-7-5-11(2)6-8-12/h5-8H,4,9-10,16H2,1-3H3. The predicted octanol–water partition coefficient (Wildman–Crippen LogP) is 2.66. The van der Waals surface area contributed by atoms with Crippen LogP contribution in [-0.2, 0) is 26.3 Å². The topological polar surface area (TPSA) is 43.8 Å². The highest BCUT2D eigenvalue weighted by Crippen LogP contribution is 2.18. The first-order chi connectivity index (χ1) is 8.61. The average Bonchev–Trinajstić information content (AvgIpc) is 2.64. The lowest BCUT2D eigenvalue weighted by Gasteiger charge is -2.02. The van der Waals surface area contributed by atoms with Crippen LogP contribution in [0.3, 0.4) is 0 Å². The maximum atomic E-state index is 6.00. The fourth-order valence-electron chi connectivity index (χ4n) is 2.24. The van der Waals surface area contributed by atoms with Crippen LogP contribution in [-0.4, -0.2) is 9.78 Å². The fraction of sp³-hybridized carbons (Fsp3) is 0.400. The number of aryl methyl sites for hydroxylation is 4. The lowest BCUT2D eigenvalue weighted by Crippen LogP contribution is -1.98. The summed E-state index contributed by atoms with van der Waals surface area (Å²) < 4.78 is 1.78. The summed E-state index contributed by atoms with van der Waals surface area (Å²) in [7, 11) is 1.91. The summed E-state index contributed by atoms with van der Waals surface area (Å²) in [4.78, 5) is 0. The predicted molar refractivity (Wildman–Crippen MR) is 75.6 cm³/mol. The third kappa shape index (κ3) is 2.55. The largest absolute Gasteiger partial charge is 0.384 e. The quantitative estimate of drug-likeness (QED) is 0.897. The van der Waals surface area contributed by atoms with Gasteiger partial charge in [-0.15, -0.1) is 0 Å². The maximum Gasteiger partial charge on any atom is 0.124 e. The number of hydrogen-bond acceptors (Lipinski definition) is 2.